The summed E-state index contributed by atoms with van der Waals surface area (Å²) in [5.74, 6) is -5.08. The van der Waals surface area contributed by atoms with E-state index in [0.717, 1.165) is 0 Å². The fourth-order valence-electron chi connectivity index (χ4n) is 3.39. The zero-order valence-corrected chi connectivity index (χ0v) is 23.6. The molecule has 0 fully saturated rings. The van der Waals surface area contributed by atoms with E-state index in [2.05, 4.69) is 16.0 Å². The molecule has 16 nitrogen and oxygen atoms in total. The average molecular weight is 597 g/mol. The van der Waals surface area contributed by atoms with E-state index in [4.69, 9.17) is 14.7 Å². The lowest BCUT2D eigenvalue weighted by Crippen LogP contribution is -2.42. The van der Waals surface area contributed by atoms with Gasteiger partial charge in [0.05, 0.1) is 6.61 Å². The van der Waals surface area contributed by atoms with Gasteiger partial charge in [0, 0.05) is 38.8 Å². The highest BCUT2D eigenvalue weighted by molar-refractivity contribution is 7.50. The molecule has 0 saturated heterocycles. The van der Waals surface area contributed by atoms with E-state index in [1.165, 1.54) is 6.92 Å². The van der Waals surface area contributed by atoms with E-state index in [0.29, 0.717) is 32.2 Å². The molecule has 8 N–H and O–H groups in total. The van der Waals surface area contributed by atoms with Crippen LogP contribution in [0.25, 0.3) is 0 Å². The molecule has 0 aliphatic carbocycles. The highest BCUT2D eigenvalue weighted by Gasteiger charge is 2.29. The van der Waals surface area contributed by atoms with Crippen LogP contribution in [0.4, 0.5) is 0 Å². The molecule has 0 radical (unpaired) electrons. The van der Waals surface area contributed by atoms with Crippen LogP contribution in [-0.2, 0) is 37.9 Å². The van der Waals surface area contributed by atoms with Crippen LogP contribution in [-0.4, -0.2) is 87.1 Å². The second-order valence-electron chi connectivity index (χ2n) is 9.21. The minimum absolute atomic E-state index is 0.116. The number of carbonyl (C=O) groups is 6. The Balaban J connectivity index is 4.33. The third kappa shape index (κ3) is 19.9. The van der Waals surface area contributed by atoms with Gasteiger partial charge in [0.15, 0.2) is 0 Å². The predicted octanol–water partition coefficient (Wildman–Crippen LogP) is 0.342. The number of rotatable bonds is 23. The Hall–Kier alpha value is -3.07. The molecule has 40 heavy (non-hydrogen) atoms. The van der Waals surface area contributed by atoms with Crippen LogP contribution in [0, 0.1) is 0 Å². The van der Waals surface area contributed by atoms with Crippen molar-refractivity contribution >= 4 is 43.4 Å². The number of unbranched alkanes of at least 4 members (excludes halogenated alkanes) is 2. The lowest BCUT2D eigenvalue weighted by atomic mass is 10.1. The SMILES string of the molecule is CC(=O)NCCCCCC(=O)N[C@@H](CCC(=O)N[C@H](C)CCCOP(=O)(O)NC(CCC(=O)O)C(=O)O)C(=O)O. The molecule has 0 aromatic carbocycles. The highest BCUT2D eigenvalue weighted by atomic mass is 31.2. The normalized spacial score (nSPS) is 14.7. The number of nitrogens with one attached hydrogen (secondary N) is 4. The first-order valence-corrected chi connectivity index (χ1v) is 14.5. The van der Waals surface area contributed by atoms with Crippen LogP contribution >= 0.6 is 7.75 Å². The summed E-state index contributed by atoms with van der Waals surface area (Å²) in [4.78, 5) is 78.0. The summed E-state index contributed by atoms with van der Waals surface area (Å²) in [5, 5.41) is 36.6. The maximum absolute atomic E-state index is 12.2. The predicted molar refractivity (Wildman–Crippen MR) is 140 cm³/mol. The molecule has 0 spiro atoms. The summed E-state index contributed by atoms with van der Waals surface area (Å²) in [7, 11) is -4.53. The number of hydrogen-bond acceptors (Lipinski definition) is 8. The topological polar surface area (TPSA) is 258 Å². The lowest BCUT2D eigenvalue weighted by Gasteiger charge is -2.19. The van der Waals surface area contributed by atoms with Crippen molar-refractivity contribution in [2.24, 2.45) is 0 Å². The molecule has 0 saturated carbocycles. The monoisotopic (exact) mass is 596 g/mol. The van der Waals surface area contributed by atoms with Crippen molar-refractivity contribution in [3.63, 3.8) is 0 Å². The second kappa shape index (κ2) is 19.9. The smallest absolute Gasteiger partial charge is 0.403 e. The molecule has 0 aliphatic rings. The molecule has 17 heteroatoms. The molecule has 0 heterocycles. The molecule has 0 aromatic rings. The summed E-state index contributed by atoms with van der Waals surface area (Å²) in [6.45, 7) is 3.30. The zero-order valence-electron chi connectivity index (χ0n) is 22.7. The number of carboxylic acid groups (broad SMARTS) is 3. The minimum Gasteiger partial charge on any atom is -0.481 e. The summed E-state index contributed by atoms with van der Waals surface area (Å²) < 4.78 is 16.9. The largest absolute Gasteiger partial charge is 0.481 e. The Kier molecular flexibility index (Phi) is 18.4. The van der Waals surface area contributed by atoms with Crippen LogP contribution < -0.4 is 21.0 Å². The molecule has 4 atom stereocenters. The summed E-state index contributed by atoms with van der Waals surface area (Å²) >= 11 is 0. The standard InChI is InChI=1S/C23H41N4O12P/c1-15(7-6-14-39-40(37,38)27-18(23(35)36)10-12-21(31)32)25-20(30)11-9-17(22(33)34)26-19(29)8-4-3-5-13-24-16(2)28/h15,17-18H,3-14H2,1-2H3,(H,24,28)(H,25,30)(H,26,29)(H,31,32)(H,33,34)(H,35,36)(H2,27,37,38)/t15-,17+,18?/m1/s1. The average Bonchev–Trinajstić information content (AvgIpc) is 2.83. The van der Waals surface area contributed by atoms with Gasteiger partial charge in [-0.15, -0.1) is 0 Å². The van der Waals surface area contributed by atoms with E-state index < -0.39 is 68.4 Å². The third-order valence-electron chi connectivity index (χ3n) is 5.47. The van der Waals surface area contributed by atoms with Crippen molar-refractivity contribution in [3.8, 4) is 0 Å². The van der Waals surface area contributed by atoms with Gasteiger partial charge in [-0.3, -0.25) is 28.5 Å². The number of carbonyl (C=O) groups excluding carboxylic acids is 3. The van der Waals surface area contributed by atoms with Crippen LogP contribution in [0.1, 0.15) is 78.1 Å². The minimum atomic E-state index is -4.53. The Morgan fingerprint density at radius 3 is 1.95 bits per heavy atom. The van der Waals surface area contributed by atoms with Crippen LogP contribution in [0.5, 0.6) is 0 Å². The van der Waals surface area contributed by atoms with Gasteiger partial charge in [0.2, 0.25) is 17.7 Å². The Morgan fingerprint density at radius 2 is 1.38 bits per heavy atom. The van der Waals surface area contributed by atoms with E-state index in [1.54, 1.807) is 6.92 Å². The fraction of sp³-hybridized carbons (Fsp3) is 0.739. The fourth-order valence-corrected chi connectivity index (χ4v) is 4.48. The molecule has 0 bridgehead atoms. The maximum Gasteiger partial charge on any atom is 0.403 e. The first-order chi connectivity index (χ1) is 18.6. The number of aliphatic carboxylic acids is 3. The van der Waals surface area contributed by atoms with Crippen molar-refractivity contribution < 1.29 is 58.1 Å². The molecule has 0 aromatic heterocycles. The summed E-state index contributed by atoms with van der Waals surface area (Å²) in [5.41, 5.74) is 0. The Morgan fingerprint density at radius 1 is 0.775 bits per heavy atom. The van der Waals surface area contributed by atoms with Gasteiger partial charge in [-0.05, 0) is 45.4 Å². The zero-order chi connectivity index (χ0) is 30.7. The van der Waals surface area contributed by atoms with Gasteiger partial charge in [-0.1, -0.05) is 6.42 Å². The summed E-state index contributed by atoms with van der Waals surface area (Å²) in [6.07, 6.45) is 1.28. The maximum atomic E-state index is 12.2. The first kappa shape index (κ1) is 36.9. The summed E-state index contributed by atoms with van der Waals surface area (Å²) in [6, 6.07) is -3.23. The molecule has 0 rings (SSSR count). The lowest BCUT2D eigenvalue weighted by molar-refractivity contribution is -0.142. The van der Waals surface area contributed by atoms with Gasteiger partial charge < -0.3 is 36.2 Å². The molecular formula is C23H41N4O12P. The van der Waals surface area contributed by atoms with Crippen molar-refractivity contribution in [2.45, 2.75) is 96.2 Å². The number of hydrogen-bond donors (Lipinski definition) is 8. The highest BCUT2D eigenvalue weighted by Crippen LogP contribution is 2.38. The van der Waals surface area contributed by atoms with Gasteiger partial charge >= 0.3 is 25.7 Å². The molecular weight excluding hydrogens is 555 g/mol. The van der Waals surface area contributed by atoms with E-state index in [-0.39, 0.29) is 38.2 Å². The molecule has 2 unspecified atom stereocenters. The number of carboxylic acids is 3. The Labute approximate surface area is 232 Å². The van der Waals surface area contributed by atoms with Crippen LogP contribution in [0.15, 0.2) is 0 Å². The van der Waals surface area contributed by atoms with Crippen molar-refractivity contribution in [1.82, 2.24) is 21.0 Å². The molecule has 3 amide bonds. The van der Waals surface area contributed by atoms with Gasteiger partial charge in [-0.2, -0.15) is 0 Å². The quantitative estimate of drug-likeness (QED) is 0.0585. The van der Waals surface area contributed by atoms with E-state index in [9.17, 15) is 43.3 Å². The number of amides is 3. The molecule has 0 aliphatic heterocycles. The first-order valence-electron chi connectivity index (χ1n) is 12.9. The van der Waals surface area contributed by atoms with Gasteiger partial charge in [0.1, 0.15) is 12.1 Å². The second-order valence-corrected chi connectivity index (χ2v) is 10.8. The van der Waals surface area contributed by atoms with Crippen LogP contribution in [0.2, 0.25) is 0 Å². The molecule has 230 valence electrons. The van der Waals surface area contributed by atoms with Crippen molar-refractivity contribution in [2.75, 3.05) is 13.2 Å². The van der Waals surface area contributed by atoms with Crippen LogP contribution in [0.3, 0.4) is 0 Å². The van der Waals surface area contributed by atoms with Crippen molar-refractivity contribution in [1.29, 1.82) is 0 Å². The van der Waals surface area contributed by atoms with Crippen molar-refractivity contribution in [3.05, 3.63) is 0 Å². The van der Waals surface area contributed by atoms with Gasteiger partial charge in [-0.25, -0.2) is 14.4 Å². The Bertz CT molecular complexity index is 916. The third-order valence-corrected chi connectivity index (χ3v) is 6.64. The van der Waals surface area contributed by atoms with E-state index in [1.807, 2.05) is 5.09 Å². The van der Waals surface area contributed by atoms with Gasteiger partial charge in [0.25, 0.3) is 0 Å². The van der Waals surface area contributed by atoms with E-state index >= 15 is 0 Å².